The second kappa shape index (κ2) is 8.66. The highest BCUT2D eigenvalue weighted by Gasteiger charge is 2.52. The van der Waals surface area contributed by atoms with Crippen LogP contribution < -0.4 is 10.6 Å². The van der Waals surface area contributed by atoms with Crippen LogP contribution in [-0.4, -0.2) is 82.7 Å². The minimum absolute atomic E-state index is 0.127. The van der Waals surface area contributed by atoms with Gasteiger partial charge < -0.3 is 20.4 Å². The number of thioether (sulfide) groups is 1. The van der Waals surface area contributed by atoms with Crippen LogP contribution in [0.5, 0.6) is 0 Å². The molecule has 3 fully saturated rings. The first-order chi connectivity index (χ1) is 14.8. The monoisotopic (exact) mass is 468 g/mol. The SMILES string of the molecule is CSCC(=O)N1CC[C@@H]2NC(=O)[C@H]3C[C@H](NC(=O)c4ccc(F)c(Cl)c4)CN3C(=O)[C@H]21. The van der Waals surface area contributed by atoms with E-state index >= 15 is 0 Å². The Morgan fingerprint density at radius 3 is 2.84 bits per heavy atom. The van der Waals surface area contributed by atoms with Crippen LogP contribution in [0.25, 0.3) is 0 Å². The molecule has 11 heteroatoms. The number of likely N-dealkylation sites (tertiary alicyclic amines) is 1. The van der Waals surface area contributed by atoms with Gasteiger partial charge in [0.15, 0.2) is 0 Å². The quantitative estimate of drug-likeness (QED) is 0.675. The molecule has 0 saturated carbocycles. The fourth-order valence-electron chi connectivity index (χ4n) is 4.52. The predicted molar refractivity (Wildman–Crippen MR) is 113 cm³/mol. The van der Waals surface area contributed by atoms with Crippen molar-refractivity contribution in [2.45, 2.75) is 37.0 Å². The van der Waals surface area contributed by atoms with Gasteiger partial charge in [0.2, 0.25) is 17.7 Å². The second-order valence-electron chi connectivity index (χ2n) is 7.91. The Morgan fingerprint density at radius 1 is 1.35 bits per heavy atom. The number of amides is 4. The molecule has 0 aromatic heterocycles. The highest BCUT2D eigenvalue weighted by molar-refractivity contribution is 7.99. The van der Waals surface area contributed by atoms with E-state index in [0.29, 0.717) is 13.0 Å². The molecule has 4 amide bonds. The zero-order valence-corrected chi connectivity index (χ0v) is 18.3. The number of nitrogens with one attached hydrogen (secondary N) is 2. The molecular formula is C20H22ClFN4O4S. The molecule has 1 aromatic rings. The van der Waals surface area contributed by atoms with E-state index in [2.05, 4.69) is 10.6 Å². The lowest BCUT2D eigenvalue weighted by Gasteiger charge is -2.29. The smallest absolute Gasteiger partial charge is 0.251 e. The number of fused-ring (bicyclic) bond motifs is 2. The lowest BCUT2D eigenvalue weighted by Crippen LogP contribution is -2.53. The maximum Gasteiger partial charge on any atom is 0.251 e. The van der Waals surface area contributed by atoms with Crippen LogP contribution in [0.3, 0.4) is 0 Å². The number of nitrogens with zero attached hydrogens (tertiary/aromatic N) is 2. The van der Waals surface area contributed by atoms with Crippen molar-refractivity contribution >= 4 is 47.0 Å². The summed E-state index contributed by atoms with van der Waals surface area (Å²) in [6.07, 6.45) is 2.62. The van der Waals surface area contributed by atoms with Crippen LogP contribution in [0.15, 0.2) is 18.2 Å². The Bertz CT molecular complexity index is 948. The third kappa shape index (κ3) is 4.10. The van der Waals surface area contributed by atoms with E-state index in [4.69, 9.17) is 11.6 Å². The summed E-state index contributed by atoms with van der Waals surface area (Å²) >= 11 is 7.13. The van der Waals surface area contributed by atoms with Gasteiger partial charge >= 0.3 is 0 Å². The van der Waals surface area contributed by atoms with Gasteiger partial charge in [-0.15, -0.1) is 0 Å². The van der Waals surface area contributed by atoms with Crippen LogP contribution >= 0.6 is 23.4 Å². The molecule has 3 aliphatic heterocycles. The lowest BCUT2D eigenvalue weighted by atomic mass is 10.1. The van der Waals surface area contributed by atoms with E-state index in [1.807, 2.05) is 6.26 Å². The molecule has 4 rings (SSSR count). The third-order valence-electron chi connectivity index (χ3n) is 5.97. The molecule has 3 heterocycles. The Labute approximate surface area is 187 Å². The van der Waals surface area contributed by atoms with Crippen molar-refractivity contribution in [1.82, 2.24) is 20.4 Å². The van der Waals surface area contributed by atoms with Crippen molar-refractivity contribution < 1.29 is 23.6 Å². The summed E-state index contributed by atoms with van der Waals surface area (Å²) < 4.78 is 13.4. The number of benzene rings is 1. The van der Waals surface area contributed by atoms with Crippen molar-refractivity contribution in [1.29, 1.82) is 0 Å². The van der Waals surface area contributed by atoms with E-state index in [0.717, 1.165) is 6.07 Å². The maximum atomic E-state index is 13.4. The molecule has 31 heavy (non-hydrogen) atoms. The summed E-state index contributed by atoms with van der Waals surface area (Å²) in [5.74, 6) is -1.50. The van der Waals surface area contributed by atoms with Gasteiger partial charge in [-0.1, -0.05) is 11.6 Å². The maximum absolute atomic E-state index is 13.4. The van der Waals surface area contributed by atoms with E-state index in [-0.39, 0.29) is 47.0 Å². The van der Waals surface area contributed by atoms with Crippen molar-refractivity contribution in [2.75, 3.05) is 25.1 Å². The van der Waals surface area contributed by atoms with Crippen LogP contribution in [0.4, 0.5) is 4.39 Å². The summed E-state index contributed by atoms with van der Waals surface area (Å²) in [5.41, 5.74) is 0.189. The van der Waals surface area contributed by atoms with Crippen LogP contribution in [-0.2, 0) is 14.4 Å². The Hall–Kier alpha value is -2.33. The number of hydrogen-bond donors (Lipinski definition) is 2. The first-order valence-corrected chi connectivity index (χ1v) is 11.7. The molecule has 0 radical (unpaired) electrons. The fourth-order valence-corrected chi connectivity index (χ4v) is 5.12. The van der Waals surface area contributed by atoms with Crippen molar-refractivity contribution in [3.05, 3.63) is 34.6 Å². The number of rotatable bonds is 4. The van der Waals surface area contributed by atoms with Gasteiger partial charge in [-0.25, -0.2) is 4.39 Å². The molecule has 0 bridgehead atoms. The molecule has 4 atom stereocenters. The Morgan fingerprint density at radius 2 is 2.13 bits per heavy atom. The van der Waals surface area contributed by atoms with Crippen LogP contribution in [0.2, 0.25) is 5.02 Å². The number of carbonyl (C=O) groups is 4. The topological polar surface area (TPSA) is 98.8 Å². The van der Waals surface area contributed by atoms with Gasteiger partial charge in [0.05, 0.1) is 16.8 Å². The number of halogens is 2. The molecule has 3 saturated heterocycles. The van der Waals surface area contributed by atoms with Gasteiger partial charge in [0, 0.05) is 24.7 Å². The van der Waals surface area contributed by atoms with Gasteiger partial charge in [-0.2, -0.15) is 11.8 Å². The molecule has 0 unspecified atom stereocenters. The van der Waals surface area contributed by atoms with Crippen molar-refractivity contribution in [3.63, 3.8) is 0 Å². The van der Waals surface area contributed by atoms with Crippen molar-refractivity contribution in [3.8, 4) is 0 Å². The molecule has 1 aromatic carbocycles. The molecule has 2 N–H and O–H groups in total. The summed E-state index contributed by atoms with van der Waals surface area (Å²) in [4.78, 5) is 54.1. The summed E-state index contributed by atoms with van der Waals surface area (Å²) in [6, 6.07) is 1.37. The molecule has 0 aliphatic carbocycles. The summed E-state index contributed by atoms with van der Waals surface area (Å²) in [5, 5.41) is 5.55. The predicted octanol–water partition coefficient (Wildman–Crippen LogP) is 0.641. The van der Waals surface area contributed by atoms with Gasteiger partial charge in [-0.05, 0) is 37.3 Å². The minimum atomic E-state index is -0.723. The fraction of sp³-hybridized carbons (Fsp3) is 0.500. The highest BCUT2D eigenvalue weighted by atomic mass is 35.5. The average Bonchev–Trinajstić information content (AvgIpc) is 3.32. The standard InChI is InChI=1S/C20H22ClFN4O4S/c1-31-9-16(27)25-5-4-14-17(25)20(30)26-8-11(7-15(26)19(29)24-14)23-18(28)10-2-3-13(22)12(21)6-10/h2-3,6,11,14-15,17H,4-5,7-9H2,1H3,(H,23,28)(H,24,29)/t11-,14-,15+,17-/m0/s1. The van der Waals surface area contributed by atoms with Gasteiger partial charge in [-0.3, -0.25) is 19.2 Å². The van der Waals surface area contributed by atoms with E-state index in [1.54, 1.807) is 4.90 Å². The highest BCUT2D eigenvalue weighted by Crippen LogP contribution is 2.29. The molecule has 8 nitrogen and oxygen atoms in total. The average molecular weight is 469 g/mol. The van der Waals surface area contributed by atoms with E-state index < -0.39 is 35.9 Å². The normalized spacial score (nSPS) is 27.5. The van der Waals surface area contributed by atoms with Crippen molar-refractivity contribution in [2.24, 2.45) is 0 Å². The van der Waals surface area contributed by atoms with Crippen LogP contribution in [0.1, 0.15) is 23.2 Å². The molecular weight excluding hydrogens is 447 g/mol. The lowest BCUT2D eigenvalue weighted by molar-refractivity contribution is -0.143. The van der Waals surface area contributed by atoms with Crippen LogP contribution in [0, 0.1) is 5.82 Å². The third-order valence-corrected chi connectivity index (χ3v) is 6.80. The summed E-state index contributed by atoms with van der Waals surface area (Å²) in [7, 11) is 0. The number of hydrogen-bond acceptors (Lipinski definition) is 5. The molecule has 166 valence electrons. The van der Waals surface area contributed by atoms with Gasteiger partial charge in [0.1, 0.15) is 17.9 Å². The Balaban J connectivity index is 1.49. The first kappa shape index (κ1) is 21.9. The largest absolute Gasteiger partial charge is 0.349 e. The van der Waals surface area contributed by atoms with Gasteiger partial charge in [0.25, 0.3) is 5.91 Å². The molecule has 3 aliphatic rings. The zero-order chi connectivity index (χ0) is 22.3. The zero-order valence-electron chi connectivity index (χ0n) is 16.8. The first-order valence-electron chi connectivity index (χ1n) is 9.95. The number of carbonyl (C=O) groups excluding carboxylic acids is 4. The second-order valence-corrected chi connectivity index (χ2v) is 9.18. The minimum Gasteiger partial charge on any atom is -0.349 e. The van der Waals surface area contributed by atoms with E-state index in [9.17, 15) is 23.6 Å². The van der Waals surface area contributed by atoms with E-state index in [1.165, 1.54) is 28.8 Å². The Kier molecular flexibility index (Phi) is 6.11. The summed E-state index contributed by atoms with van der Waals surface area (Å²) in [6.45, 7) is 0.579. The molecule has 0 spiro atoms.